The second-order valence-electron chi connectivity index (χ2n) is 7.32. The third-order valence-corrected chi connectivity index (χ3v) is 5.37. The monoisotopic (exact) mass is 376 g/mol. The van der Waals surface area contributed by atoms with Crippen molar-refractivity contribution in [3.63, 3.8) is 0 Å². The average Bonchev–Trinajstić information content (AvgIpc) is 3.17. The molecule has 28 heavy (non-hydrogen) atoms. The van der Waals surface area contributed by atoms with E-state index in [0.717, 1.165) is 48.5 Å². The molecule has 0 bridgehead atoms. The number of nitrogens with one attached hydrogen (secondary N) is 1. The molecule has 0 saturated carbocycles. The number of primary amides is 1. The van der Waals surface area contributed by atoms with Crippen LogP contribution in [0.4, 0.5) is 5.82 Å². The first kappa shape index (κ1) is 18.3. The summed E-state index contributed by atoms with van der Waals surface area (Å²) < 4.78 is 0. The largest absolute Gasteiger partial charge is 0.363 e. The highest BCUT2D eigenvalue weighted by atomic mass is 16.1. The highest BCUT2D eigenvalue weighted by Gasteiger charge is 2.26. The maximum Gasteiger partial charge on any atom is 0.286 e. The molecule has 144 valence electrons. The second kappa shape index (κ2) is 7.52. The van der Waals surface area contributed by atoms with Crippen LogP contribution in [0.5, 0.6) is 0 Å². The summed E-state index contributed by atoms with van der Waals surface area (Å²) >= 11 is 0. The minimum Gasteiger partial charge on any atom is -0.363 e. The van der Waals surface area contributed by atoms with Gasteiger partial charge >= 0.3 is 0 Å². The van der Waals surface area contributed by atoms with Crippen LogP contribution in [0.1, 0.15) is 33.9 Å². The van der Waals surface area contributed by atoms with E-state index in [9.17, 15) is 4.79 Å². The molecule has 1 atom stereocenters. The molecule has 0 radical (unpaired) electrons. The van der Waals surface area contributed by atoms with Gasteiger partial charge in [0.1, 0.15) is 5.82 Å². The quantitative estimate of drug-likeness (QED) is 0.708. The van der Waals surface area contributed by atoms with Gasteiger partial charge in [0.25, 0.3) is 5.91 Å². The van der Waals surface area contributed by atoms with Crippen LogP contribution in [0, 0.1) is 13.8 Å². The first-order chi connectivity index (χ1) is 13.5. The van der Waals surface area contributed by atoms with Crippen molar-refractivity contribution in [3.8, 4) is 0 Å². The predicted molar refractivity (Wildman–Crippen MR) is 109 cm³/mol. The number of pyridine rings is 1. The molecule has 1 aromatic carbocycles. The first-order valence-electron chi connectivity index (χ1n) is 9.47. The normalized spacial score (nSPS) is 16.6. The number of hydrogen-bond acceptors (Lipinski definition) is 6. The molecule has 0 unspecified atom stereocenters. The Morgan fingerprint density at radius 3 is 2.93 bits per heavy atom. The number of benzene rings is 1. The molecule has 1 aliphatic rings. The van der Waals surface area contributed by atoms with E-state index in [1.807, 2.05) is 32.3 Å². The lowest BCUT2D eigenvalue weighted by atomic mass is 10.1. The summed E-state index contributed by atoms with van der Waals surface area (Å²) in [6, 6.07) is 8.85. The minimum absolute atomic E-state index is 0.0835. The lowest BCUT2D eigenvalue weighted by Gasteiger charge is -2.21. The molecule has 0 spiro atoms. The first-order valence-corrected chi connectivity index (χ1v) is 9.47. The maximum atomic E-state index is 11.5. The van der Waals surface area contributed by atoms with Crippen molar-refractivity contribution in [2.24, 2.45) is 5.73 Å². The molecule has 3 aromatic rings. The van der Waals surface area contributed by atoms with Crippen molar-refractivity contribution in [3.05, 3.63) is 59.3 Å². The van der Waals surface area contributed by atoms with Crippen molar-refractivity contribution >= 4 is 22.5 Å². The number of nitrogens with zero attached hydrogens (tertiary/aromatic N) is 4. The molecule has 7 heteroatoms. The smallest absolute Gasteiger partial charge is 0.286 e. The Bertz CT molecular complexity index is 1030. The van der Waals surface area contributed by atoms with Gasteiger partial charge in [0.05, 0.1) is 0 Å². The highest BCUT2D eigenvalue weighted by Crippen LogP contribution is 2.24. The molecule has 1 saturated heterocycles. The van der Waals surface area contributed by atoms with Gasteiger partial charge in [-0.05, 0) is 43.4 Å². The summed E-state index contributed by atoms with van der Waals surface area (Å²) in [5.74, 6) is 0.300. The number of hydrogen-bond donors (Lipinski definition) is 2. The van der Waals surface area contributed by atoms with Crippen LogP contribution in [0.3, 0.4) is 0 Å². The van der Waals surface area contributed by atoms with Gasteiger partial charge in [0.15, 0.2) is 0 Å². The lowest BCUT2D eigenvalue weighted by Crippen LogP contribution is -2.33. The zero-order valence-electron chi connectivity index (χ0n) is 16.1. The Labute approximate surface area is 164 Å². The van der Waals surface area contributed by atoms with Crippen molar-refractivity contribution in [2.45, 2.75) is 32.9 Å². The van der Waals surface area contributed by atoms with Crippen LogP contribution < -0.4 is 16.0 Å². The van der Waals surface area contributed by atoms with Gasteiger partial charge in [-0.25, -0.2) is 9.97 Å². The number of rotatable bonds is 5. The van der Waals surface area contributed by atoms with E-state index in [4.69, 9.17) is 5.73 Å². The molecule has 1 fully saturated rings. The number of carbonyl (C=O) groups excluding carboxylic acids is 1. The molecule has 3 N–H and O–H groups in total. The van der Waals surface area contributed by atoms with Crippen molar-refractivity contribution in [1.82, 2.24) is 20.3 Å². The lowest BCUT2D eigenvalue weighted by molar-refractivity contribution is 0.0990. The number of aryl methyl sites for hydroxylation is 1. The Kier molecular flexibility index (Phi) is 4.92. The Hall–Kier alpha value is -3.06. The third-order valence-electron chi connectivity index (χ3n) is 5.37. The number of nitrogens with two attached hydrogens (primary N) is 1. The SMILES string of the molecule is Cc1nc(C(N)=O)nc(N2CC[C@@H](NCc3ccc4cnccc4c3)C2)c1C. The fraction of sp³-hybridized carbons (Fsp3) is 0.333. The van der Waals surface area contributed by atoms with E-state index in [-0.39, 0.29) is 5.82 Å². The average molecular weight is 376 g/mol. The number of carbonyl (C=O) groups is 1. The molecular formula is C21H24N6O. The zero-order valence-corrected chi connectivity index (χ0v) is 16.1. The standard InChI is InChI=1S/C21H24N6O/c1-13-14(2)25-20(19(22)28)26-21(13)27-8-6-18(12-27)24-10-15-3-4-17-11-23-7-5-16(17)9-15/h3-5,7,9,11,18,24H,6,8,10,12H2,1-2H3,(H2,22,28)/t18-/m1/s1. The topological polar surface area (TPSA) is 97.0 Å². The van der Waals surface area contributed by atoms with Crippen LogP contribution in [-0.2, 0) is 6.54 Å². The van der Waals surface area contributed by atoms with Crippen molar-refractivity contribution in [2.75, 3.05) is 18.0 Å². The molecule has 7 nitrogen and oxygen atoms in total. The highest BCUT2D eigenvalue weighted by molar-refractivity contribution is 5.89. The summed E-state index contributed by atoms with van der Waals surface area (Å²) in [6.45, 7) is 6.41. The number of amides is 1. The zero-order chi connectivity index (χ0) is 19.7. The predicted octanol–water partition coefficient (Wildman–Crippen LogP) is 2.11. The van der Waals surface area contributed by atoms with E-state index in [2.05, 4.69) is 43.4 Å². The van der Waals surface area contributed by atoms with E-state index < -0.39 is 5.91 Å². The summed E-state index contributed by atoms with van der Waals surface area (Å²) in [4.78, 5) is 26.5. The van der Waals surface area contributed by atoms with Crippen LogP contribution in [0.2, 0.25) is 0 Å². The molecule has 1 amide bonds. The minimum atomic E-state index is -0.593. The molecule has 3 heterocycles. The van der Waals surface area contributed by atoms with Crippen molar-refractivity contribution < 1.29 is 4.79 Å². The van der Waals surface area contributed by atoms with Crippen LogP contribution in [0.25, 0.3) is 10.8 Å². The van der Waals surface area contributed by atoms with E-state index in [1.165, 1.54) is 10.9 Å². The Morgan fingerprint density at radius 2 is 2.11 bits per heavy atom. The van der Waals surface area contributed by atoms with E-state index in [0.29, 0.717) is 6.04 Å². The maximum absolute atomic E-state index is 11.5. The summed E-state index contributed by atoms with van der Waals surface area (Å²) in [5.41, 5.74) is 8.42. The van der Waals surface area contributed by atoms with Gasteiger partial charge < -0.3 is 16.0 Å². The summed E-state index contributed by atoms with van der Waals surface area (Å²) in [5, 5.41) is 5.99. The number of aromatic nitrogens is 3. The fourth-order valence-corrected chi connectivity index (χ4v) is 3.66. The van der Waals surface area contributed by atoms with E-state index in [1.54, 1.807) is 0 Å². The van der Waals surface area contributed by atoms with Gasteiger partial charge in [-0.15, -0.1) is 0 Å². The van der Waals surface area contributed by atoms with Crippen molar-refractivity contribution in [1.29, 1.82) is 0 Å². The van der Waals surface area contributed by atoms with Crippen LogP contribution in [0.15, 0.2) is 36.7 Å². The molecule has 1 aliphatic heterocycles. The number of fused-ring (bicyclic) bond motifs is 1. The van der Waals surface area contributed by atoms with Gasteiger partial charge in [-0.1, -0.05) is 12.1 Å². The Balaban J connectivity index is 1.43. The van der Waals surface area contributed by atoms with Gasteiger partial charge in [-0.2, -0.15) is 0 Å². The molecule has 0 aliphatic carbocycles. The second-order valence-corrected chi connectivity index (χ2v) is 7.32. The van der Waals surface area contributed by atoms with Crippen LogP contribution in [-0.4, -0.2) is 40.0 Å². The van der Waals surface area contributed by atoms with Gasteiger partial charge in [-0.3, -0.25) is 9.78 Å². The van der Waals surface area contributed by atoms with Gasteiger partial charge in [0, 0.05) is 54.7 Å². The molecule has 2 aromatic heterocycles. The fourth-order valence-electron chi connectivity index (χ4n) is 3.66. The molecule has 4 rings (SSSR count). The summed E-state index contributed by atoms with van der Waals surface area (Å²) in [7, 11) is 0. The van der Waals surface area contributed by atoms with E-state index >= 15 is 0 Å². The molecular weight excluding hydrogens is 352 g/mol. The third kappa shape index (κ3) is 3.66. The number of anilines is 1. The summed E-state index contributed by atoms with van der Waals surface area (Å²) in [6.07, 6.45) is 4.72. The van der Waals surface area contributed by atoms with Gasteiger partial charge in [0.2, 0.25) is 5.82 Å². The Morgan fingerprint density at radius 1 is 1.25 bits per heavy atom. The van der Waals surface area contributed by atoms with Crippen LogP contribution >= 0.6 is 0 Å².